The first-order valence-electron chi connectivity index (χ1n) is 8.03. The Bertz CT molecular complexity index is 634. The van der Waals surface area contributed by atoms with E-state index in [1.807, 2.05) is 24.8 Å². The minimum absolute atomic E-state index is 0.262. The fraction of sp³-hybridized carbons (Fsp3) is 0.588. The number of piperidine rings is 1. The molecule has 22 heavy (non-hydrogen) atoms. The van der Waals surface area contributed by atoms with E-state index >= 15 is 0 Å². The third-order valence-corrected chi connectivity index (χ3v) is 4.68. The largest absolute Gasteiger partial charge is 0.353 e. The Morgan fingerprint density at radius 2 is 2.14 bits per heavy atom. The highest BCUT2D eigenvalue weighted by atomic mass is 16.2. The van der Waals surface area contributed by atoms with Gasteiger partial charge in [-0.15, -0.1) is 0 Å². The van der Waals surface area contributed by atoms with E-state index in [-0.39, 0.29) is 11.9 Å². The van der Waals surface area contributed by atoms with Crippen LogP contribution in [0, 0.1) is 25.2 Å². The van der Waals surface area contributed by atoms with Gasteiger partial charge in [0.2, 0.25) is 5.91 Å². The number of aryl methyl sites for hydroxylation is 2. The van der Waals surface area contributed by atoms with E-state index in [0.29, 0.717) is 12.0 Å². The number of carbonyl (C=O) groups is 1. The van der Waals surface area contributed by atoms with Crippen LogP contribution in [0.2, 0.25) is 0 Å². The average molecular weight is 298 g/mol. The van der Waals surface area contributed by atoms with Crippen molar-refractivity contribution in [1.82, 2.24) is 9.88 Å². The van der Waals surface area contributed by atoms with Crippen molar-refractivity contribution in [3.8, 4) is 6.07 Å². The minimum atomic E-state index is 0.262. The Morgan fingerprint density at radius 1 is 1.32 bits per heavy atom. The van der Waals surface area contributed by atoms with Crippen LogP contribution in [0.25, 0.3) is 0 Å². The summed E-state index contributed by atoms with van der Waals surface area (Å²) < 4.78 is 0. The molecule has 1 amide bonds. The van der Waals surface area contributed by atoms with Gasteiger partial charge < -0.3 is 9.80 Å². The second-order valence-corrected chi connectivity index (χ2v) is 6.32. The molecule has 1 aromatic rings. The number of pyridine rings is 1. The topological polar surface area (TPSA) is 60.2 Å². The van der Waals surface area contributed by atoms with Gasteiger partial charge in [0, 0.05) is 37.8 Å². The van der Waals surface area contributed by atoms with Gasteiger partial charge in [0.15, 0.2) is 0 Å². The molecule has 0 unspecified atom stereocenters. The van der Waals surface area contributed by atoms with Crippen LogP contribution in [0.15, 0.2) is 6.07 Å². The average Bonchev–Trinajstić information content (AvgIpc) is 2.93. The Hall–Kier alpha value is -2.09. The highest BCUT2D eigenvalue weighted by Gasteiger charge is 2.32. The molecule has 0 spiro atoms. The van der Waals surface area contributed by atoms with Gasteiger partial charge >= 0.3 is 0 Å². The molecule has 5 heteroatoms. The van der Waals surface area contributed by atoms with Crippen LogP contribution in [0.3, 0.4) is 0 Å². The lowest BCUT2D eigenvalue weighted by molar-refractivity contribution is -0.129. The molecular weight excluding hydrogens is 276 g/mol. The van der Waals surface area contributed by atoms with E-state index in [2.05, 4.69) is 16.0 Å². The van der Waals surface area contributed by atoms with Crippen molar-refractivity contribution in [3.05, 3.63) is 22.9 Å². The number of rotatable bonds is 2. The molecular formula is C17H22N4O. The maximum Gasteiger partial charge on any atom is 0.222 e. The zero-order chi connectivity index (χ0) is 15.7. The summed E-state index contributed by atoms with van der Waals surface area (Å²) >= 11 is 0. The Morgan fingerprint density at radius 3 is 2.82 bits per heavy atom. The summed E-state index contributed by atoms with van der Waals surface area (Å²) in [5, 5.41) is 9.46. The van der Waals surface area contributed by atoms with Gasteiger partial charge in [-0.2, -0.15) is 5.26 Å². The van der Waals surface area contributed by atoms with E-state index < -0.39 is 0 Å². The molecule has 2 saturated heterocycles. The number of nitrogens with zero attached hydrogens (tertiary/aromatic N) is 4. The predicted octanol–water partition coefficient (Wildman–Crippen LogP) is 2.16. The Kier molecular flexibility index (Phi) is 4.02. The standard InChI is InChI=1S/C17H22N4O/c1-12-9-13(2)19-17(15(12)10-18)20-7-3-5-14(11-20)21-8-4-6-16(21)22/h9,14H,3-8,11H2,1-2H3/t14-/m1/s1. The van der Waals surface area contributed by atoms with E-state index in [4.69, 9.17) is 0 Å². The molecule has 2 aliphatic rings. The third kappa shape index (κ3) is 2.66. The van der Waals surface area contributed by atoms with Crippen LogP contribution >= 0.6 is 0 Å². The molecule has 0 saturated carbocycles. The lowest BCUT2D eigenvalue weighted by atomic mass is 10.0. The predicted molar refractivity (Wildman–Crippen MR) is 84.6 cm³/mol. The van der Waals surface area contributed by atoms with Crippen LogP contribution < -0.4 is 4.90 Å². The van der Waals surface area contributed by atoms with E-state index in [1.54, 1.807) is 0 Å². The molecule has 2 aliphatic heterocycles. The molecule has 1 atom stereocenters. The molecule has 0 N–H and O–H groups in total. The van der Waals surface area contributed by atoms with Gasteiger partial charge in [-0.05, 0) is 44.7 Å². The van der Waals surface area contributed by atoms with E-state index in [0.717, 1.165) is 56.0 Å². The van der Waals surface area contributed by atoms with Crippen molar-refractivity contribution in [2.24, 2.45) is 0 Å². The van der Waals surface area contributed by atoms with Gasteiger partial charge in [0.25, 0.3) is 0 Å². The monoisotopic (exact) mass is 298 g/mol. The van der Waals surface area contributed by atoms with Crippen molar-refractivity contribution in [1.29, 1.82) is 5.26 Å². The first-order chi connectivity index (χ1) is 10.6. The van der Waals surface area contributed by atoms with E-state index in [1.165, 1.54) is 0 Å². The number of carbonyl (C=O) groups excluding carboxylic acids is 1. The highest BCUT2D eigenvalue weighted by Crippen LogP contribution is 2.28. The van der Waals surface area contributed by atoms with Crippen molar-refractivity contribution in [3.63, 3.8) is 0 Å². The molecule has 116 valence electrons. The van der Waals surface area contributed by atoms with Crippen molar-refractivity contribution in [2.75, 3.05) is 24.5 Å². The summed E-state index contributed by atoms with van der Waals surface area (Å²) in [5.41, 5.74) is 2.58. The van der Waals surface area contributed by atoms with Crippen LogP contribution in [0.1, 0.15) is 42.5 Å². The first-order valence-corrected chi connectivity index (χ1v) is 8.03. The van der Waals surface area contributed by atoms with Gasteiger partial charge in [0.05, 0.1) is 5.56 Å². The first kappa shape index (κ1) is 14.8. The smallest absolute Gasteiger partial charge is 0.222 e. The summed E-state index contributed by atoms with van der Waals surface area (Å²) in [4.78, 5) is 20.8. The number of likely N-dealkylation sites (tertiary alicyclic amines) is 1. The molecule has 0 aliphatic carbocycles. The number of aromatic nitrogens is 1. The number of hydrogen-bond donors (Lipinski definition) is 0. The van der Waals surface area contributed by atoms with E-state index in [9.17, 15) is 10.1 Å². The molecule has 3 rings (SSSR count). The summed E-state index contributed by atoms with van der Waals surface area (Å²) in [5.74, 6) is 1.07. The van der Waals surface area contributed by atoms with Gasteiger partial charge in [-0.25, -0.2) is 4.98 Å². The van der Waals surface area contributed by atoms with Crippen LogP contribution in [-0.2, 0) is 4.79 Å². The zero-order valence-corrected chi connectivity index (χ0v) is 13.3. The molecule has 0 aromatic carbocycles. The van der Waals surface area contributed by atoms with Crippen LogP contribution in [0.4, 0.5) is 5.82 Å². The summed E-state index contributed by atoms with van der Waals surface area (Å²) in [7, 11) is 0. The van der Waals surface area contributed by atoms with Gasteiger partial charge in [0.1, 0.15) is 11.9 Å². The van der Waals surface area contributed by atoms with Crippen molar-refractivity contribution in [2.45, 2.75) is 45.6 Å². The van der Waals surface area contributed by atoms with Gasteiger partial charge in [-0.1, -0.05) is 0 Å². The number of nitriles is 1. The third-order valence-electron chi connectivity index (χ3n) is 4.68. The maximum absolute atomic E-state index is 12.0. The second-order valence-electron chi connectivity index (χ2n) is 6.32. The molecule has 5 nitrogen and oxygen atoms in total. The highest BCUT2D eigenvalue weighted by molar-refractivity contribution is 5.78. The summed E-state index contributed by atoms with van der Waals surface area (Å²) in [6.07, 6.45) is 3.74. The number of hydrogen-bond acceptors (Lipinski definition) is 4. The summed E-state index contributed by atoms with van der Waals surface area (Å²) in [6, 6.07) is 4.51. The Balaban J connectivity index is 1.86. The second kappa shape index (κ2) is 5.96. The van der Waals surface area contributed by atoms with Gasteiger partial charge in [-0.3, -0.25) is 4.79 Å². The Labute approximate surface area is 131 Å². The van der Waals surface area contributed by atoms with Crippen molar-refractivity contribution < 1.29 is 4.79 Å². The SMILES string of the molecule is Cc1cc(C)c(C#N)c(N2CCC[C@@H](N3CCCC3=O)C2)n1. The molecule has 3 heterocycles. The molecule has 1 aromatic heterocycles. The fourth-order valence-electron chi connectivity index (χ4n) is 3.64. The zero-order valence-electron chi connectivity index (χ0n) is 13.3. The number of amides is 1. The molecule has 2 fully saturated rings. The lowest BCUT2D eigenvalue weighted by Crippen LogP contribution is -2.49. The quantitative estimate of drug-likeness (QED) is 0.839. The summed E-state index contributed by atoms with van der Waals surface area (Å²) in [6.45, 7) is 6.49. The maximum atomic E-state index is 12.0. The molecule has 0 bridgehead atoms. The molecule has 0 radical (unpaired) electrons. The fourth-order valence-corrected chi connectivity index (χ4v) is 3.64. The van der Waals surface area contributed by atoms with Crippen LogP contribution in [0.5, 0.6) is 0 Å². The van der Waals surface area contributed by atoms with Crippen LogP contribution in [-0.4, -0.2) is 41.5 Å². The normalized spacial score (nSPS) is 22.0. The minimum Gasteiger partial charge on any atom is -0.353 e. The lowest BCUT2D eigenvalue weighted by Gasteiger charge is -2.38. The number of anilines is 1. The van der Waals surface area contributed by atoms with Crippen molar-refractivity contribution >= 4 is 11.7 Å².